The van der Waals surface area contributed by atoms with Gasteiger partial charge in [-0.3, -0.25) is 4.90 Å². The molecule has 1 aliphatic rings. The van der Waals surface area contributed by atoms with Crippen molar-refractivity contribution in [3.63, 3.8) is 0 Å². The first-order valence-electron chi connectivity index (χ1n) is 7.39. The highest BCUT2D eigenvalue weighted by atomic mass is 79.9. The van der Waals surface area contributed by atoms with Gasteiger partial charge in [0, 0.05) is 44.4 Å². The summed E-state index contributed by atoms with van der Waals surface area (Å²) in [6, 6.07) is 8.75. The second-order valence-corrected chi connectivity index (χ2v) is 6.31. The van der Waals surface area contributed by atoms with Crippen LogP contribution in [-0.4, -0.2) is 58.0 Å². The van der Waals surface area contributed by atoms with Crippen molar-refractivity contribution >= 4 is 15.9 Å². The smallest absolute Gasteiger partial charge is 0.0971 e. The molecule has 1 saturated heterocycles. The summed E-state index contributed by atoms with van der Waals surface area (Å²) in [5.41, 5.74) is 1.31. The van der Waals surface area contributed by atoms with Gasteiger partial charge in [-0.05, 0) is 25.1 Å². The van der Waals surface area contributed by atoms with Gasteiger partial charge >= 0.3 is 0 Å². The first kappa shape index (κ1) is 16.9. The van der Waals surface area contributed by atoms with Crippen LogP contribution in [0.1, 0.15) is 18.0 Å². The Labute approximate surface area is 135 Å². The highest BCUT2D eigenvalue weighted by molar-refractivity contribution is 9.10. The maximum absolute atomic E-state index is 5.49. The number of halogens is 1. The van der Waals surface area contributed by atoms with E-state index in [-0.39, 0.29) is 12.2 Å². The van der Waals surface area contributed by atoms with Gasteiger partial charge in [0.25, 0.3) is 0 Å². The second-order valence-electron chi connectivity index (χ2n) is 5.46. The number of ether oxygens (including phenoxy) is 2. The Bertz CT molecular complexity index is 432. The monoisotopic (exact) mass is 356 g/mol. The molecule has 0 radical (unpaired) electrons. The summed E-state index contributed by atoms with van der Waals surface area (Å²) in [6.07, 6.45) is 1.43. The SMILES string of the molecule is CNC(CCN1CC(OC)C(OC)C1)c1ccccc1Br. The Morgan fingerprint density at radius 1 is 1.24 bits per heavy atom. The Hall–Kier alpha value is -0.460. The molecule has 5 heteroatoms. The van der Waals surface area contributed by atoms with E-state index in [0.717, 1.165) is 30.5 Å². The van der Waals surface area contributed by atoms with Crippen LogP contribution in [0.25, 0.3) is 0 Å². The highest BCUT2D eigenvalue weighted by Crippen LogP contribution is 2.26. The van der Waals surface area contributed by atoms with E-state index < -0.39 is 0 Å². The molecule has 0 bridgehead atoms. The Morgan fingerprint density at radius 3 is 2.38 bits per heavy atom. The third-order valence-corrected chi connectivity index (χ3v) is 4.98. The molecule has 0 aliphatic carbocycles. The van der Waals surface area contributed by atoms with Crippen molar-refractivity contribution in [3.05, 3.63) is 34.3 Å². The normalized spacial score (nSPS) is 24.4. The van der Waals surface area contributed by atoms with Crippen LogP contribution in [0, 0.1) is 0 Å². The number of hydrogen-bond acceptors (Lipinski definition) is 4. The molecule has 1 aromatic carbocycles. The molecule has 3 unspecified atom stereocenters. The number of benzene rings is 1. The van der Waals surface area contributed by atoms with Crippen LogP contribution < -0.4 is 5.32 Å². The van der Waals surface area contributed by atoms with E-state index in [1.54, 1.807) is 14.2 Å². The van der Waals surface area contributed by atoms with Crippen LogP contribution in [0.2, 0.25) is 0 Å². The molecule has 0 amide bonds. The lowest BCUT2D eigenvalue weighted by molar-refractivity contribution is -0.00461. The van der Waals surface area contributed by atoms with E-state index in [0.29, 0.717) is 6.04 Å². The number of nitrogens with zero attached hydrogens (tertiary/aromatic N) is 1. The van der Waals surface area contributed by atoms with E-state index in [1.165, 1.54) is 5.56 Å². The molecule has 1 heterocycles. The van der Waals surface area contributed by atoms with E-state index in [4.69, 9.17) is 9.47 Å². The average Bonchev–Trinajstić information content (AvgIpc) is 2.92. The molecule has 21 heavy (non-hydrogen) atoms. The fourth-order valence-corrected chi connectivity index (χ4v) is 3.54. The zero-order valence-electron chi connectivity index (χ0n) is 13.0. The van der Waals surface area contributed by atoms with Crippen molar-refractivity contribution in [3.8, 4) is 0 Å². The number of rotatable bonds is 7. The molecular weight excluding hydrogens is 332 g/mol. The van der Waals surface area contributed by atoms with Gasteiger partial charge in [-0.15, -0.1) is 0 Å². The first-order chi connectivity index (χ1) is 10.2. The topological polar surface area (TPSA) is 33.7 Å². The zero-order valence-corrected chi connectivity index (χ0v) is 14.6. The fraction of sp³-hybridized carbons (Fsp3) is 0.625. The molecule has 4 nitrogen and oxygen atoms in total. The summed E-state index contributed by atoms with van der Waals surface area (Å²) in [7, 11) is 5.54. The minimum Gasteiger partial charge on any atom is -0.377 e. The largest absolute Gasteiger partial charge is 0.377 e. The van der Waals surface area contributed by atoms with Gasteiger partial charge in [-0.1, -0.05) is 34.1 Å². The predicted molar refractivity (Wildman–Crippen MR) is 88.6 cm³/mol. The summed E-state index contributed by atoms with van der Waals surface area (Å²) in [4.78, 5) is 2.42. The lowest BCUT2D eigenvalue weighted by Crippen LogP contribution is -2.28. The molecule has 0 aromatic heterocycles. The Morgan fingerprint density at radius 2 is 1.86 bits per heavy atom. The standard InChI is InChI=1S/C16H25BrN2O2/c1-18-14(12-6-4-5-7-13(12)17)8-9-19-10-15(20-2)16(11-19)21-3/h4-7,14-16,18H,8-11H2,1-3H3. The van der Waals surface area contributed by atoms with Crippen LogP contribution in [0.15, 0.2) is 28.7 Å². The third-order valence-electron chi connectivity index (χ3n) is 4.26. The van der Waals surface area contributed by atoms with Gasteiger partial charge in [0.2, 0.25) is 0 Å². The average molecular weight is 357 g/mol. The molecule has 3 atom stereocenters. The first-order valence-corrected chi connectivity index (χ1v) is 8.18. The van der Waals surface area contributed by atoms with Gasteiger partial charge in [0.15, 0.2) is 0 Å². The molecule has 0 spiro atoms. The molecule has 1 aliphatic heterocycles. The quantitative estimate of drug-likeness (QED) is 0.813. The molecule has 118 valence electrons. The lowest BCUT2D eigenvalue weighted by atomic mass is 10.0. The predicted octanol–water partition coefficient (Wildman–Crippen LogP) is 2.45. The molecule has 1 aromatic rings. The fourth-order valence-electron chi connectivity index (χ4n) is 2.98. The van der Waals surface area contributed by atoms with E-state index >= 15 is 0 Å². The van der Waals surface area contributed by atoms with Gasteiger partial charge < -0.3 is 14.8 Å². The Balaban J connectivity index is 1.91. The van der Waals surface area contributed by atoms with Crippen LogP contribution in [-0.2, 0) is 9.47 Å². The lowest BCUT2D eigenvalue weighted by Gasteiger charge is -2.22. The Kier molecular flexibility index (Phi) is 6.64. The van der Waals surface area contributed by atoms with Crippen molar-refractivity contribution in [2.45, 2.75) is 24.7 Å². The molecule has 1 fully saturated rings. The number of likely N-dealkylation sites (tertiary alicyclic amines) is 1. The highest BCUT2D eigenvalue weighted by Gasteiger charge is 2.32. The molecular formula is C16H25BrN2O2. The van der Waals surface area contributed by atoms with Crippen molar-refractivity contribution < 1.29 is 9.47 Å². The summed E-state index contributed by atoms with van der Waals surface area (Å²) >= 11 is 3.64. The van der Waals surface area contributed by atoms with Crippen LogP contribution in [0.3, 0.4) is 0 Å². The van der Waals surface area contributed by atoms with Crippen molar-refractivity contribution in [2.75, 3.05) is 40.9 Å². The second kappa shape index (κ2) is 8.25. The van der Waals surface area contributed by atoms with Crippen molar-refractivity contribution in [2.24, 2.45) is 0 Å². The van der Waals surface area contributed by atoms with E-state index in [1.807, 2.05) is 13.1 Å². The summed E-state index contributed by atoms with van der Waals surface area (Å²) < 4.78 is 12.1. The van der Waals surface area contributed by atoms with Gasteiger partial charge in [-0.25, -0.2) is 0 Å². The summed E-state index contributed by atoms with van der Waals surface area (Å²) in [5, 5.41) is 3.41. The summed E-state index contributed by atoms with van der Waals surface area (Å²) in [5.74, 6) is 0. The zero-order chi connectivity index (χ0) is 15.2. The number of hydrogen-bond donors (Lipinski definition) is 1. The number of nitrogens with one attached hydrogen (secondary N) is 1. The minimum absolute atomic E-state index is 0.187. The number of methoxy groups -OCH3 is 2. The van der Waals surface area contributed by atoms with Crippen LogP contribution in [0.4, 0.5) is 0 Å². The third kappa shape index (κ3) is 4.27. The molecule has 0 saturated carbocycles. The maximum atomic E-state index is 5.49. The van der Waals surface area contributed by atoms with Gasteiger partial charge in [-0.2, -0.15) is 0 Å². The van der Waals surface area contributed by atoms with Gasteiger partial charge in [0.05, 0.1) is 12.2 Å². The van der Waals surface area contributed by atoms with Crippen molar-refractivity contribution in [1.29, 1.82) is 0 Å². The summed E-state index contributed by atoms with van der Waals surface area (Å²) in [6.45, 7) is 2.93. The van der Waals surface area contributed by atoms with E-state index in [2.05, 4.69) is 44.3 Å². The van der Waals surface area contributed by atoms with E-state index in [9.17, 15) is 0 Å². The maximum Gasteiger partial charge on any atom is 0.0971 e. The molecule has 2 rings (SSSR count). The minimum atomic E-state index is 0.187. The van der Waals surface area contributed by atoms with Crippen molar-refractivity contribution in [1.82, 2.24) is 10.2 Å². The van der Waals surface area contributed by atoms with Crippen LogP contribution >= 0.6 is 15.9 Å². The van der Waals surface area contributed by atoms with Crippen LogP contribution in [0.5, 0.6) is 0 Å². The molecule has 1 N–H and O–H groups in total. The van der Waals surface area contributed by atoms with Gasteiger partial charge in [0.1, 0.15) is 0 Å².